The van der Waals surface area contributed by atoms with Crippen LogP contribution >= 0.6 is 0 Å². The third kappa shape index (κ3) is 3.21. The summed E-state index contributed by atoms with van der Waals surface area (Å²) in [6, 6.07) is 0. The fourth-order valence-corrected chi connectivity index (χ4v) is 3.18. The van der Waals surface area contributed by atoms with E-state index in [-0.39, 0.29) is 5.54 Å². The molecule has 102 valence electrons. The van der Waals surface area contributed by atoms with Crippen molar-refractivity contribution in [2.24, 2.45) is 17.6 Å². The molecule has 2 N–H and O–H groups in total. The normalized spacial score (nSPS) is 25.4. The predicted molar refractivity (Wildman–Crippen MR) is 73.1 cm³/mol. The highest BCUT2D eigenvalue weighted by Crippen LogP contribution is 2.32. The van der Waals surface area contributed by atoms with Crippen LogP contribution in [0.1, 0.15) is 40.0 Å². The van der Waals surface area contributed by atoms with Crippen molar-refractivity contribution in [2.45, 2.75) is 45.6 Å². The van der Waals surface area contributed by atoms with Gasteiger partial charge in [0.2, 0.25) is 0 Å². The van der Waals surface area contributed by atoms with Gasteiger partial charge in [0.05, 0.1) is 12.1 Å². The minimum Gasteiger partial charge on any atom is -0.383 e. The lowest BCUT2D eigenvalue weighted by Gasteiger charge is -2.44. The van der Waals surface area contributed by atoms with Gasteiger partial charge in [0.1, 0.15) is 0 Å². The Morgan fingerprint density at radius 2 is 2.18 bits per heavy atom. The van der Waals surface area contributed by atoms with Crippen LogP contribution in [0.2, 0.25) is 0 Å². The zero-order valence-corrected chi connectivity index (χ0v) is 12.0. The van der Waals surface area contributed by atoms with Gasteiger partial charge in [0.25, 0.3) is 0 Å². The second kappa shape index (κ2) is 6.72. The lowest BCUT2D eigenvalue weighted by Crippen LogP contribution is -2.59. The van der Waals surface area contributed by atoms with E-state index in [0.717, 1.165) is 12.5 Å². The van der Waals surface area contributed by atoms with Crippen molar-refractivity contribution in [1.82, 2.24) is 4.90 Å². The molecule has 0 radical (unpaired) electrons. The Kier molecular flexibility index (Phi) is 5.90. The first-order valence-electron chi connectivity index (χ1n) is 7.04. The molecule has 0 aliphatic carbocycles. The summed E-state index contributed by atoms with van der Waals surface area (Å²) < 4.78 is 5.45. The van der Waals surface area contributed by atoms with Gasteiger partial charge >= 0.3 is 0 Å². The smallest absolute Gasteiger partial charge is 0.0661 e. The van der Waals surface area contributed by atoms with E-state index in [1.807, 2.05) is 0 Å². The molecule has 1 saturated heterocycles. The predicted octanol–water partition coefficient (Wildman–Crippen LogP) is 2.11. The van der Waals surface area contributed by atoms with Crippen LogP contribution in [0.15, 0.2) is 0 Å². The number of nitrogens with zero attached hydrogens (tertiary/aromatic N) is 1. The van der Waals surface area contributed by atoms with Gasteiger partial charge in [-0.2, -0.15) is 0 Å². The van der Waals surface area contributed by atoms with Crippen LogP contribution in [0.4, 0.5) is 0 Å². The molecule has 17 heavy (non-hydrogen) atoms. The van der Waals surface area contributed by atoms with Crippen LogP contribution in [0, 0.1) is 11.8 Å². The molecule has 0 amide bonds. The molecule has 0 aromatic rings. The number of methoxy groups -OCH3 is 1. The van der Waals surface area contributed by atoms with E-state index in [1.54, 1.807) is 7.11 Å². The fourth-order valence-electron chi connectivity index (χ4n) is 3.18. The molecule has 2 atom stereocenters. The third-order valence-electron chi connectivity index (χ3n) is 4.44. The summed E-state index contributed by atoms with van der Waals surface area (Å²) in [6.07, 6.45) is 3.97. The van der Waals surface area contributed by atoms with Crippen molar-refractivity contribution < 1.29 is 4.74 Å². The molecule has 2 unspecified atom stereocenters. The van der Waals surface area contributed by atoms with Gasteiger partial charge < -0.3 is 10.5 Å². The van der Waals surface area contributed by atoms with Crippen LogP contribution in [0.5, 0.6) is 0 Å². The maximum absolute atomic E-state index is 6.07. The molecule has 0 bridgehead atoms. The number of nitrogens with two attached hydrogens (primary N) is 1. The summed E-state index contributed by atoms with van der Waals surface area (Å²) in [5.74, 6) is 1.40. The molecule has 1 aliphatic heterocycles. The molecule has 0 spiro atoms. The van der Waals surface area contributed by atoms with Crippen LogP contribution in [-0.2, 0) is 4.74 Å². The molecule has 1 rings (SSSR count). The van der Waals surface area contributed by atoms with Crippen molar-refractivity contribution in [3.63, 3.8) is 0 Å². The van der Waals surface area contributed by atoms with Crippen LogP contribution in [-0.4, -0.2) is 43.8 Å². The zero-order chi connectivity index (χ0) is 12.9. The monoisotopic (exact) mass is 242 g/mol. The number of hydrogen-bond donors (Lipinski definition) is 1. The summed E-state index contributed by atoms with van der Waals surface area (Å²) in [7, 11) is 1.78. The molecule has 0 saturated carbocycles. The van der Waals surface area contributed by atoms with Crippen LogP contribution in [0.25, 0.3) is 0 Å². The molecule has 1 aliphatic rings. The minimum atomic E-state index is 0.0389. The lowest BCUT2D eigenvalue weighted by atomic mass is 9.85. The van der Waals surface area contributed by atoms with Gasteiger partial charge in [-0.25, -0.2) is 0 Å². The topological polar surface area (TPSA) is 38.5 Å². The van der Waals surface area contributed by atoms with Crippen molar-refractivity contribution >= 4 is 0 Å². The maximum Gasteiger partial charge on any atom is 0.0661 e. The standard InChI is InChI=1S/C14H30N2O/c1-5-6-13-7-8-16(9-13)14(10-15,11-17-4)12(2)3/h12-13H,5-11,15H2,1-4H3. The Morgan fingerprint density at radius 3 is 2.65 bits per heavy atom. The lowest BCUT2D eigenvalue weighted by molar-refractivity contribution is -0.00481. The molecule has 3 nitrogen and oxygen atoms in total. The Labute approximate surface area is 107 Å². The van der Waals surface area contributed by atoms with Gasteiger partial charge in [-0.3, -0.25) is 4.90 Å². The SMILES string of the molecule is CCCC1CCN(C(CN)(COC)C(C)C)C1. The first kappa shape index (κ1) is 14.9. The number of likely N-dealkylation sites (tertiary alicyclic amines) is 1. The minimum absolute atomic E-state index is 0.0389. The van der Waals surface area contributed by atoms with E-state index in [1.165, 1.54) is 32.4 Å². The second-order valence-corrected chi connectivity index (χ2v) is 5.78. The summed E-state index contributed by atoms with van der Waals surface area (Å²) in [6.45, 7) is 10.6. The van der Waals surface area contributed by atoms with Crippen molar-refractivity contribution in [3.8, 4) is 0 Å². The van der Waals surface area contributed by atoms with Crippen molar-refractivity contribution in [1.29, 1.82) is 0 Å². The van der Waals surface area contributed by atoms with Gasteiger partial charge in [0, 0.05) is 20.2 Å². The van der Waals surface area contributed by atoms with Crippen LogP contribution in [0.3, 0.4) is 0 Å². The third-order valence-corrected chi connectivity index (χ3v) is 4.44. The van der Waals surface area contributed by atoms with Crippen LogP contribution < -0.4 is 5.73 Å². The van der Waals surface area contributed by atoms with Gasteiger partial charge in [-0.05, 0) is 31.2 Å². The van der Waals surface area contributed by atoms with E-state index >= 15 is 0 Å². The summed E-state index contributed by atoms with van der Waals surface area (Å²) in [5, 5.41) is 0. The fraction of sp³-hybridized carbons (Fsp3) is 1.00. The molecule has 0 aromatic heterocycles. The molecule has 1 fully saturated rings. The first-order valence-corrected chi connectivity index (χ1v) is 7.04. The van der Waals surface area contributed by atoms with E-state index in [2.05, 4.69) is 25.7 Å². The van der Waals surface area contributed by atoms with Gasteiger partial charge in [-0.1, -0.05) is 27.2 Å². The van der Waals surface area contributed by atoms with Crippen molar-refractivity contribution in [3.05, 3.63) is 0 Å². The number of hydrogen-bond acceptors (Lipinski definition) is 3. The number of ether oxygens (including phenoxy) is 1. The zero-order valence-electron chi connectivity index (χ0n) is 12.0. The second-order valence-electron chi connectivity index (χ2n) is 5.78. The quantitative estimate of drug-likeness (QED) is 0.743. The highest BCUT2D eigenvalue weighted by molar-refractivity contribution is 4.97. The largest absolute Gasteiger partial charge is 0.383 e. The van der Waals surface area contributed by atoms with Gasteiger partial charge in [-0.15, -0.1) is 0 Å². The molecule has 0 aromatic carbocycles. The highest BCUT2D eigenvalue weighted by Gasteiger charge is 2.41. The van der Waals surface area contributed by atoms with E-state index in [9.17, 15) is 0 Å². The number of rotatable bonds is 7. The maximum atomic E-state index is 6.07. The highest BCUT2D eigenvalue weighted by atomic mass is 16.5. The average molecular weight is 242 g/mol. The summed E-state index contributed by atoms with van der Waals surface area (Å²) in [4.78, 5) is 2.58. The Balaban J connectivity index is 2.71. The average Bonchev–Trinajstić information content (AvgIpc) is 2.75. The van der Waals surface area contributed by atoms with Crippen molar-refractivity contribution in [2.75, 3.05) is 33.4 Å². The summed E-state index contributed by atoms with van der Waals surface area (Å²) >= 11 is 0. The van der Waals surface area contributed by atoms with E-state index < -0.39 is 0 Å². The Morgan fingerprint density at radius 1 is 1.47 bits per heavy atom. The first-order chi connectivity index (χ1) is 8.10. The van der Waals surface area contributed by atoms with E-state index in [4.69, 9.17) is 10.5 Å². The molecule has 3 heteroatoms. The molecule has 1 heterocycles. The molecular formula is C14H30N2O. The Hall–Kier alpha value is -0.120. The van der Waals surface area contributed by atoms with Gasteiger partial charge in [0.15, 0.2) is 0 Å². The van der Waals surface area contributed by atoms with E-state index in [0.29, 0.717) is 12.5 Å². The summed E-state index contributed by atoms with van der Waals surface area (Å²) in [5.41, 5.74) is 6.11. The molecular weight excluding hydrogens is 212 g/mol. The Bertz CT molecular complexity index is 220.